The van der Waals surface area contributed by atoms with Gasteiger partial charge in [-0.1, -0.05) is 234 Å². The van der Waals surface area contributed by atoms with E-state index in [0.717, 1.165) is 61.1 Å². The summed E-state index contributed by atoms with van der Waals surface area (Å²) < 4.78 is 0. The van der Waals surface area contributed by atoms with Crippen LogP contribution in [-0.2, 0) is 38.5 Å². The Morgan fingerprint density at radius 3 is 0.684 bits per heavy atom. The summed E-state index contributed by atoms with van der Waals surface area (Å²) in [4.78, 5) is 18.7. The summed E-state index contributed by atoms with van der Waals surface area (Å²) in [5, 5.41) is 39.4. The highest BCUT2D eigenvalue weighted by Gasteiger charge is 2.25. The predicted molar refractivity (Wildman–Crippen MR) is 425 cm³/mol. The average molecular weight is 1400 g/mol. The number of aryl methyl sites for hydroxylation is 6. The Labute approximate surface area is 604 Å². The van der Waals surface area contributed by atoms with Crippen molar-refractivity contribution in [3.63, 3.8) is 0 Å². The first-order chi connectivity index (χ1) is 46.7. The van der Waals surface area contributed by atoms with E-state index in [2.05, 4.69) is 114 Å². The van der Waals surface area contributed by atoms with Crippen molar-refractivity contribution >= 4 is 91.5 Å². The molecular formula is C84H112N4S7. The molecule has 11 heteroatoms. The Balaban J connectivity index is 1.32. The second kappa shape index (κ2) is 45.1. The second-order valence-electron chi connectivity index (χ2n) is 26.7. The van der Waals surface area contributed by atoms with E-state index in [-0.39, 0.29) is 11.1 Å². The molecule has 0 saturated carbocycles. The third-order valence-electron chi connectivity index (χ3n) is 18.7. The van der Waals surface area contributed by atoms with Gasteiger partial charge < -0.3 is 0 Å². The number of rotatable bonds is 50. The number of nitriles is 4. The van der Waals surface area contributed by atoms with Crippen LogP contribution in [0.2, 0.25) is 0 Å². The van der Waals surface area contributed by atoms with Gasteiger partial charge in [0.15, 0.2) is 0 Å². The zero-order chi connectivity index (χ0) is 67.2. The monoisotopic (exact) mass is 1400 g/mol. The molecule has 0 unspecified atom stereocenters. The van der Waals surface area contributed by atoms with Crippen LogP contribution in [-0.4, -0.2) is 0 Å². The lowest BCUT2D eigenvalue weighted by atomic mass is 10.0. The molecule has 0 aliphatic heterocycles. The fourth-order valence-electron chi connectivity index (χ4n) is 13.2. The number of thiophene rings is 7. The third-order valence-corrected chi connectivity index (χ3v) is 27.8. The van der Waals surface area contributed by atoms with Gasteiger partial charge in [-0.05, 0) is 171 Å². The lowest BCUT2D eigenvalue weighted by molar-refractivity contribution is 0.608. The maximum absolute atomic E-state index is 9.85. The summed E-state index contributed by atoms with van der Waals surface area (Å²) in [5.74, 6) is 0. The van der Waals surface area contributed by atoms with Crippen molar-refractivity contribution in [3.05, 3.63) is 103 Å². The van der Waals surface area contributed by atoms with Crippen molar-refractivity contribution in [1.29, 1.82) is 21.0 Å². The van der Waals surface area contributed by atoms with Crippen molar-refractivity contribution in [3.8, 4) is 82.8 Å². The first kappa shape index (κ1) is 77.7. The maximum atomic E-state index is 9.85. The smallest absolute Gasteiger partial charge is 0.131 e. The molecule has 7 aromatic rings. The van der Waals surface area contributed by atoms with E-state index in [1.807, 2.05) is 68.8 Å². The van der Waals surface area contributed by atoms with Gasteiger partial charge in [-0.15, -0.1) is 79.4 Å². The van der Waals surface area contributed by atoms with E-state index in [0.29, 0.717) is 0 Å². The molecule has 7 rings (SSSR count). The largest absolute Gasteiger partial charge is 0.192 e. The lowest BCUT2D eigenvalue weighted by Gasteiger charge is -2.04. The quantitative estimate of drug-likeness (QED) is 0.0280. The Morgan fingerprint density at radius 1 is 0.253 bits per heavy atom. The minimum Gasteiger partial charge on any atom is -0.192 e. The van der Waals surface area contributed by atoms with E-state index >= 15 is 0 Å². The van der Waals surface area contributed by atoms with Crippen molar-refractivity contribution in [2.24, 2.45) is 0 Å². The van der Waals surface area contributed by atoms with Crippen LogP contribution < -0.4 is 0 Å². The van der Waals surface area contributed by atoms with Crippen LogP contribution in [0.1, 0.15) is 316 Å². The zero-order valence-corrected chi connectivity index (χ0v) is 64.8. The Morgan fingerprint density at radius 2 is 0.453 bits per heavy atom. The van der Waals surface area contributed by atoms with Crippen LogP contribution in [0.5, 0.6) is 0 Å². The summed E-state index contributed by atoms with van der Waals surface area (Å²) >= 11 is 13.6. The second-order valence-corrected chi connectivity index (χ2v) is 34.2. The highest BCUT2D eigenvalue weighted by Crippen LogP contribution is 2.53. The van der Waals surface area contributed by atoms with E-state index < -0.39 is 0 Å². The van der Waals surface area contributed by atoms with Crippen LogP contribution in [0.3, 0.4) is 0 Å². The normalized spacial score (nSPS) is 11.3. The summed E-state index contributed by atoms with van der Waals surface area (Å²) in [6.07, 6.45) is 55.5. The molecule has 0 N–H and O–H groups in total. The lowest BCUT2D eigenvalue weighted by Crippen LogP contribution is -1.87. The van der Waals surface area contributed by atoms with E-state index in [1.54, 1.807) is 22.7 Å². The minimum absolute atomic E-state index is 0.166. The van der Waals surface area contributed by atoms with Gasteiger partial charge in [0, 0.05) is 68.3 Å². The molecule has 7 heterocycles. The van der Waals surface area contributed by atoms with E-state index in [4.69, 9.17) is 0 Å². The van der Waals surface area contributed by atoms with Gasteiger partial charge in [0.25, 0.3) is 0 Å². The van der Waals surface area contributed by atoms with Crippen molar-refractivity contribution in [2.75, 3.05) is 0 Å². The van der Waals surface area contributed by atoms with Gasteiger partial charge >= 0.3 is 0 Å². The summed E-state index contributed by atoms with van der Waals surface area (Å²) in [6.45, 7) is 13.8. The molecular weight excluding hydrogens is 1290 g/mol. The number of hydrogen-bond acceptors (Lipinski definition) is 11. The van der Waals surface area contributed by atoms with Crippen LogP contribution in [0.25, 0.3) is 70.7 Å². The number of nitrogens with zero attached hydrogens (tertiary/aromatic N) is 4. The van der Waals surface area contributed by atoms with Crippen LogP contribution in [0, 0.1) is 45.3 Å². The Kier molecular flexibility index (Phi) is 36.9. The highest BCUT2D eigenvalue weighted by atomic mass is 32.1. The number of allylic oxidation sites excluding steroid dienone is 2. The van der Waals surface area contributed by atoms with Gasteiger partial charge in [-0.2, -0.15) is 21.0 Å². The fraction of sp³-hybridized carbons (Fsp3) is 0.571. The summed E-state index contributed by atoms with van der Waals surface area (Å²) in [6, 6.07) is 28.4. The summed E-state index contributed by atoms with van der Waals surface area (Å²) in [7, 11) is 0. The molecule has 0 bridgehead atoms. The van der Waals surface area contributed by atoms with E-state index in [1.165, 1.54) is 310 Å². The molecule has 0 aliphatic carbocycles. The number of hydrogen-bond donors (Lipinski definition) is 0. The molecule has 7 aromatic heterocycles. The van der Waals surface area contributed by atoms with Gasteiger partial charge in [0.2, 0.25) is 0 Å². The molecule has 0 aliphatic rings. The fourth-order valence-corrected chi connectivity index (χ4v) is 22.2. The number of unbranched alkanes of at least 4 members (excludes halogenated alkanes) is 30. The molecule has 0 radical (unpaired) electrons. The van der Waals surface area contributed by atoms with Crippen molar-refractivity contribution in [1.82, 2.24) is 0 Å². The topological polar surface area (TPSA) is 95.2 Å². The van der Waals surface area contributed by atoms with Crippen molar-refractivity contribution < 1.29 is 0 Å². The van der Waals surface area contributed by atoms with E-state index in [9.17, 15) is 21.0 Å². The molecule has 0 aromatic carbocycles. The molecule has 510 valence electrons. The average Bonchev–Trinajstić information content (AvgIpc) is 1.63. The Bertz CT molecular complexity index is 3320. The summed E-state index contributed by atoms with van der Waals surface area (Å²) in [5.41, 5.74) is 9.02. The molecule has 95 heavy (non-hydrogen) atoms. The highest BCUT2D eigenvalue weighted by molar-refractivity contribution is 7.31. The van der Waals surface area contributed by atoms with Gasteiger partial charge in [-0.3, -0.25) is 0 Å². The minimum atomic E-state index is 0.166. The zero-order valence-electron chi connectivity index (χ0n) is 59.1. The van der Waals surface area contributed by atoms with Gasteiger partial charge in [-0.25, -0.2) is 0 Å². The van der Waals surface area contributed by atoms with Crippen LogP contribution in [0.15, 0.2) is 59.7 Å². The molecule has 0 saturated heterocycles. The molecule has 4 nitrogen and oxygen atoms in total. The first-order valence-corrected chi connectivity index (χ1v) is 43.4. The van der Waals surface area contributed by atoms with Crippen LogP contribution >= 0.6 is 79.4 Å². The maximum Gasteiger partial charge on any atom is 0.131 e. The van der Waals surface area contributed by atoms with Crippen molar-refractivity contribution in [2.45, 2.75) is 311 Å². The SMILES string of the molecule is CCCCCCCCc1cc(C=C(C#N)C#N)sc1-c1cc(CCCCCCCC)c(-c2cc(CCCCCCCC)c(-c3ccc(-c4sc(-c5sc(-c6sc(C=C(C#N)C#N)cc6CCCCCCCC)cc5CCCCCCCC)cc4CCCCCCCC)s3)s2)s1. The third kappa shape index (κ3) is 25.2. The molecule has 0 atom stereocenters. The van der Waals surface area contributed by atoms with Gasteiger partial charge in [0.1, 0.15) is 35.4 Å². The molecule has 0 spiro atoms. The Hall–Kier alpha value is -4.66. The molecule has 0 fully saturated rings. The standard InChI is InChI=1S/C84H112N4S7/c1-7-13-19-25-31-37-43-65-53-71(51-63(59-85)60-86)89-81(65)75-57-69(47-41-35-29-23-17-11-5)83(94-75)77-55-67(45-39-33-27-21-15-9-3)79(92-77)73-49-50-74(91-73)80-68(46-40-34-28-22-16-10-4)56-78(93-80)84-70(48-42-36-30-24-18-12-6)58-76(95-84)82-66(44-38-32-26-20-14-8-2)54-72(90-82)52-64(61-87)62-88/h49-58H,7-48H2,1-6H3. The first-order valence-electron chi connectivity index (χ1n) is 37.6. The predicted octanol–water partition coefficient (Wildman–Crippen LogP) is 30.4. The molecule has 0 amide bonds. The van der Waals surface area contributed by atoms with Crippen LogP contribution in [0.4, 0.5) is 0 Å². The van der Waals surface area contributed by atoms with Gasteiger partial charge in [0.05, 0.1) is 0 Å².